The van der Waals surface area contributed by atoms with Crippen molar-refractivity contribution in [1.82, 2.24) is 5.32 Å². The van der Waals surface area contributed by atoms with Crippen LogP contribution in [0.25, 0.3) is 0 Å². The first-order valence-corrected chi connectivity index (χ1v) is 6.59. The summed E-state index contributed by atoms with van der Waals surface area (Å²) >= 11 is 6.09. The maximum atomic E-state index is 11.8. The number of benzene rings is 1. The smallest absolute Gasteiger partial charge is 0.260 e. The second-order valence-electron chi connectivity index (χ2n) is 4.91. The molecule has 1 saturated carbocycles. The minimum Gasteiger partial charge on any atom is -0.481 e. The van der Waals surface area contributed by atoms with Crippen molar-refractivity contribution in [3.05, 3.63) is 28.3 Å². The molecule has 4 heteroatoms. The molecule has 98 valence electrons. The Kier molecular flexibility index (Phi) is 3.81. The number of hydrogen-bond donors (Lipinski definition) is 1. The molecule has 1 aliphatic rings. The molecule has 3 nitrogen and oxygen atoms in total. The summed E-state index contributed by atoms with van der Waals surface area (Å²) in [5.74, 6) is 0.635. The number of hydrogen-bond acceptors (Lipinski definition) is 2. The first-order valence-electron chi connectivity index (χ1n) is 6.21. The molecular weight excluding hydrogens is 250 g/mol. The number of nitrogens with one attached hydrogen (secondary N) is 1. The zero-order chi connectivity index (χ0) is 13.3. The third-order valence-corrected chi connectivity index (χ3v) is 3.61. The maximum Gasteiger partial charge on any atom is 0.260 e. The zero-order valence-electron chi connectivity index (χ0n) is 10.9. The van der Waals surface area contributed by atoms with Crippen molar-refractivity contribution < 1.29 is 9.53 Å². The number of amides is 1. The Bertz CT molecular complexity index is 446. The average Bonchev–Trinajstić information content (AvgIpc) is 3.09. The van der Waals surface area contributed by atoms with E-state index in [2.05, 4.69) is 5.32 Å². The molecule has 0 radical (unpaired) electrons. The molecule has 0 aromatic heterocycles. The van der Waals surface area contributed by atoms with Gasteiger partial charge in [-0.3, -0.25) is 4.79 Å². The summed E-state index contributed by atoms with van der Waals surface area (Å²) < 4.78 is 5.65. The third-order valence-electron chi connectivity index (χ3n) is 3.02. The Morgan fingerprint density at radius 3 is 2.44 bits per heavy atom. The van der Waals surface area contributed by atoms with Crippen LogP contribution in [0.5, 0.6) is 5.75 Å². The molecule has 1 fully saturated rings. The highest BCUT2D eigenvalue weighted by atomic mass is 35.5. The van der Waals surface area contributed by atoms with E-state index in [1.807, 2.05) is 26.0 Å². The lowest BCUT2D eigenvalue weighted by Gasteiger charge is -2.16. The third kappa shape index (κ3) is 3.16. The largest absolute Gasteiger partial charge is 0.481 e. The minimum atomic E-state index is -0.481. The Hall–Kier alpha value is -1.22. The van der Waals surface area contributed by atoms with Gasteiger partial charge < -0.3 is 10.1 Å². The van der Waals surface area contributed by atoms with Gasteiger partial charge in [-0.05, 0) is 56.9 Å². The van der Waals surface area contributed by atoms with Crippen LogP contribution in [0.4, 0.5) is 0 Å². The van der Waals surface area contributed by atoms with Gasteiger partial charge in [0.1, 0.15) is 5.75 Å². The topological polar surface area (TPSA) is 38.3 Å². The molecule has 0 saturated heterocycles. The highest BCUT2D eigenvalue weighted by Gasteiger charge is 2.26. The lowest BCUT2D eigenvalue weighted by atomic mass is 10.1. The molecule has 1 N–H and O–H groups in total. The van der Waals surface area contributed by atoms with E-state index in [9.17, 15) is 4.79 Å². The van der Waals surface area contributed by atoms with Crippen LogP contribution in [0.3, 0.4) is 0 Å². The Labute approximate surface area is 112 Å². The van der Waals surface area contributed by atoms with Gasteiger partial charge in [0.15, 0.2) is 6.10 Å². The van der Waals surface area contributed by atoms with Gasteiger partial charge in [0.05, 0.1) is 0 Å². The van der Waals surface area contributed by atoms with Crippen molar-refractivity contribution in [2.45, 2.75) is 45.8 Å². The van der Waals surface area contributed by atoms with Crippen molar-refractivity contribution in [1.29, 1.82) is 0 Å². The van der Waals surface area contributed by atoms with Crippen LogP contribution in [0, 0.1) is 13.8 Å². The predicted octanol–water partition coefficient (Wildman–Crippen LogP) is 3.00. The van der Waals surface area contributed by atoms with Crippen molar-refractivity contribution in [2.75, 3.05) is 0 Å². The molecule has 1 atom stereocenters. The van der Waals surface area contributed by atoms with Gasteiger partial charge in [-0.2, -0.15) is 0 Å². The lowest BCUT2D eigenvalue weighted by Crippen LogP contribution is -2.37. The molecule has 0 aliphatic heterocycles. The number of rotatable bonds is 4. The van der Waals surface area contributed by atoms with Crippen LogP contribution in [0.15, 0.2) is 12.1 Å². The summed E-state index contributed by atoms with van der Waals surface area (Å²) in [6, 6.07) is 4.07. The van der Waals surface area contributed by atoms with Gasteiger partial charge in [0.25, 0.3) is 5.91 Å². The maximum absolute atomic E-state index is 11.8. The number of halogens is 1. The quantitative estimate of drug-likeness (QED) is 0.911. The number of carbonyl (C=O) groups excluding carboxylic acids is 1. The van der Waals surface area contributed by atoms with Crippen molar-refractivity contribution >= 4 is 17.5 Å². The molecule has 2 rings (SSSR count). The summed E-state index contributed by atoms with van der Waals surface area (Å²) in [5, 5.41) is 3.67. The molecule has 0 spiro atoms. The summed E-state index contributed by atoms with van der Waals surface area (Å²) in [5.41, 5.74) is 1.92. The SMILES string of the molecule is Cc1cc(O[C@H](C)C(=O)NC2CC2)cc(C)c1Cl. The second kappa shape index (κ2) is 5.19. The van der Waals surface area contributed by atoms with Crippen LogP contribution in [-0.4, -0.2) is 18.1 Å². The summed E-state index contributed by atoms with van der Waals surface area (Å²) in [6.07, 6.45) is 1.68. The zero-order valence-corrected chi connectivity index (χ0v) is 11.7. The van der Waals surface area contributed by atoms with E-state index in [1.54, 1.807) is 6.92 Å². The predicted molar refractivity (Wildman–Crippen MR) is 72.2 cm³/mol. The summed E-state index contributed by atoms with van der Waals surface area (Å²) in [7, 11) is 0. The van der Waals surface area contributed by atoms with Gasteiger partial charge in [-0.1, -0.05) is 11.6 Å². The normalized spacial score (nSPS) is 16.2. The van der Waals surface area contributed by atoms with Crippen molar-refractivity contribution in [3.63, 3.8) is 0 Å². The molecule has 18 heavy (non-hydrogen) atoms. The molecule has 1 aromatic carbocycles. The van der Waals surface area contributed by atoms with E-state index in [0.29, 0.717) is 11.8 Å². The fraction of sp³-hybridized carbons (Fsp3) is 0.500. The molecular formula is C14H18ClNO2. The highest BCUT2D eigenvalue weighted by Crippen LogP contribution is 2.26. The first-order chi connectivity index (χ1) is 8.47. The number of carbonyl (C=O) groups is 1. The Morgan fingerprint density at radius 2 is 1.94 bits per heavy atom. The Balaban J connectivity index is 2.01. The average molecular weight is 268 g/mol. The van der Waals surface area contributed by atoms with Gasteiger partial charge in [0.2, 0.25) is 0 Å². The van der Waals surface area contributed by atoms with Crippen molar-refractivity contribution in [3.8, 4) is 5.75 Å². The molecule has 0 unspecified atom stereocenters. The standard InChI is InChI=1S/C14H18ClNO2/c1-8-6-12(7-9(2)13(8)15)18-10(3)14(17)16-11-4-5-11/h6-7,10-11H,4-5H2,1-3H3,(H,16,17)/t10-/m1/s1. The van der Waals surface area contributed by atoms with Crippen LogP contribution in [-0.2, 0) is 4.79 Å². The van der Waals surface area contributed by atoms with E-state index in [1.165, 1.54) is 0 Å². The number of ether oxygens (including phenoxy) is 1. The van der Waals surface area contributed by atoms with E-state index in [-0.39, 0.29) is 5.91 Å². The van der Waals surface area contributed by atoms with E-state index in [4.69, 9.17) is 16.3 Å². The van der Waals surface area contributed by atoms with Crippen LogP contribution in [0.1, 0.15) is 30.9 Å². The lowest BCUT2D eigenvalue weighted by molar-refractivity contribution is -0.127. The van der Waals surface area contributed by atoms with Gasteiger partial charge in [-0.25, -0.2) is 0 Å². The number of aryl methyl sites for hydroxylation is 2. The fourth-order valence-electron chi connectivity index (χ4n) is 1.78. The molecule has 1 amide bonds. The fourth-order valence-corrected chi connectivity index (χ4v) is 1.89. The van der Waals surface area contributed by atoms with Gasteiger partial charge in [0, 0.05) is 11.1 Å². The van der Waals surface area contributed by atoms with Crippen LogP contribution in [0.2, 0.25) is 5.02 Å². The van der Waals surface area contributed by atoms with Crippen molar-refractivity contribution in [2.24, 2.45) is 0 Å². The Morgan fingerprint density at radius 1 is 1.39 bits per heavy atom. The second-order valence-corrected chi connectivity index (χ2v) is 5.29. The monoisotopic (exact) mass is 267 g/mol. The van der Waals surface area contributed by atoms with E-state index < -0.39 is 6.10 Å². The van der Waals surface area contributed by atoms with E-state index in [0.717, 1.165) is 29.0 Å². The summed E-state index contributed by atoms with van der Waals surface area (Å²) in [6.45, 7) is 5.62. The minimum absolute atomic E-state index is 0.0530. The first kappa shape index (κ1) is 13.2. The molecule has 1 aromatic rings. The molecule has 0 bridgehead atoms. The molecule has 0 heterocycles. The highest BCUT2D eigenvalue weighted by molar-refractivity contribution is 6.32. The van der Waals surface area contributed by atoms with Crippen LogP contribution >= 0.6 is 11.6 Å². The van der Waals surface area contributed by atoms with E-state index >= 15 is 0 Å². The molecule has 1 aliphatic carbocycles. The van der Waals surface area contributed by atoms with Crippen LogP contribution < -0.4 is 10.1 Å². The van der Waals surface area contributed by atoms with Gasteiger partial charge >= 0.3 is 0 Å². The summed E-state index contributed by atoms with van der Waals surface area (Å²) in [4.78, 5) is 11.8. The van der Waals surface area contributed by atoms with Gasteiger partial charge in [-0.15, -0.1) is 0 Å².